The van der Waals surface area contributed by atoms with Gasteiger partial charge in [-0.1, -0.05) is 17.7 Å². The summed E-state index contributed by atoms with van der Waals surface area (Å²) in [5, 5.41) is 1.60. The van der Waals surface area contributed by atoms with Gasteiger partial charge in [-0.15, -0.1) is 11.3 Å². The summed E-state index contributed by atoms with van der Waals surface area (Å²) >= 11 is 8.01. The minimum atomic E-state index is -0.358. The third kappa shape index (κ3) is 2.44. The number of hydrogen-bond donors (Lipinski definition) is 2. The summed E-state index contributed by atoms with van der Waals surface area (Å²) in [7, 11) is 0. The number of hydrogen-bond acceptors (Lipinski definition) is 6. The van der Waals surface area contributed by atoms with Crippen molar-refractivity contribution in [2.45, 2.75) is 6.04 Å². The van der Waals surface area contributed by atoms with Crippen molar-refractivity contribution in [2.24, 2.45) is 11.5 Å². The van der Waals surface area contributed by atoms with E-state index >= 15 is 0 Å². The van der Waals surface area contributed by atoms with E-state index in [4.69, 9.17) is 33.0 Å². The van der Waals surface area contributed by atoms with E-state index in [1.165, 1.54) is 0 Å². The van der Waals surface area contributed by atoms with Crippen LogP contribution in [0.1, 0.15) is 11.7 Å². The first-order valence-corrected chi connectivity index (χ1v) is 8.63. The Morgan fingerprint density at radius 2 is 1.92 bits per heavy atom. The van der Waals surface area contributed by atoms with Gasteiger partial charge in [0.05, 0.1) is 27.0 Å². The van der Waals surface area contributed by atoms with Gasteiger partial charge in [0, 0.05) is 34.6 Å². The van der Waals surface area contributed by atoms with Crippen molar-refractivity contribution >= 4 is 43.2 Å². The Hall–Kier alpha value is -2.12. The van der Waals surface area contributed by atoms with Crippen molar-refractivity contribution in [1.29, 1.82) is 0 Å². The third-order valence-electron chi connectivity index (χ3n) is 3.86. The van der Waals surface area contributed by atoms with E-state index in [9.17, 15) is 0 Å². The van der Waals surface area contributed by atoms with Gasteiger partial charge in [0.2, 0.25) is 0 Å². The van der Waals surface area contributed by atoms with E-state index in [-0.39, 0.29) is 6.04 Å². The van der Waals surface area contributed by atoms with E-state index in [0.717, 1.165) is 31.6 Å². The molecule has 1 atom stereocenters. The second-order valence-corrected chi connectivity index (χ2v) is 6.86. The highest BCUT2D eigenvalue weighted by molar-refractivity contribution is 7.26. The average molecular weight is 356 g/mol. The van der Waals surface area contributed by atoms with E-state index in [0.29, 0.717) is 17.4 Å². The van der Waals surface area contributed by atoms with Crippen LogP contribution < -0.4 is 11.5 Å². The highest BCUT2D eigenvalue weighted by Gasteiger charge is 2.19. The number of rotatable bonds is 3. The number of pyridine rings is 1. The Morgan fingerprint density at radius 3 is 2.67 bits per heavy atom. The zero-order valence-electron chi connectivity index (χ0n) is 12.6. The number of fused-ring (bicyclic) bond motifs is 3. The number of thiophene rings is 1. The molecule has 4 N–H and O–H groups in total. The molecule has 3 heterocycles. The van der Waals surface area contributed by atoms with Crippen LogP contribution in [0.25, 0.3) is 31.7 Å². The SMILES string of the molecule is NCC(N)c1nc(-c2ccncc2)nc2c1sc1cccc(Cl)c12. The second kappa shape index (κ2) is 6.07. The molecule has 3 aromatic heterocycles. The highest BCUT2D eigenvalue weighted by Crippen LogP contribution is 2.40. The molecule has 1 unspecified atom stereocenters. The Balaban J connectivity index is 2.11. The van der Waals surface area contributed by atoms with E-state index in [2.05, 4.69) is 4.98 Å². The van der Waals surface area contributed by atoms with E-state index < -0.39 is 0 Å². The molecule has 0 saturated carbocycles. The molecule has 24 heavy (non-hydrogen) atoms. The molecule has 120 valence electrons. The Morgan fingerprint density at radius 1 is 1.12 bits per heavy atom. The number of aromatic nitrogens is 3. The average Bonchev–Trinajstić information content (AvgIpc) is 3.00. The van der Waals surface area contributed by atoms with Crippen LogP contribution in [0.3, 0.4) is 0 Å². The monoisotopic (exact) mass is 355 g/mol. The lowest BCUT2D eigenvalue weighted by atomic mass is 10.1. The molecular weight excluding hydrogens is 342 g/mol. The van der Waals surface area contributed by atoms with Crippen LogP contribution in [-0.2, 0) is 0 Å². The molecule has 1 aromatic carbocycles. The summed E-state index contributed by atoms with van der Waals surface area (Å²) < 4.78 is 2.00. The molecule has 0 aliphatic carbocycles. The molecular formula is C17H14ClN5S. The number of nitrogens with zero attached hydrogens (tertiary/aromatic N) is 3. The number of nitrogens with two attached hydrogens (primary N) is 2. The van der Waals surface area contributed by atoms with Gasteiger partial charge < -0.3 is 11.5 Å². The maximum absolute atomic E-state index is 6.42. The van der Waals surface area contributed by atoms with Crippen molar-refractivity contribution < 1.29 is 0 Å². The minimum Gasteiger partial charge on any atom is -0.329 e. The van der Waals surface area contributed by atoms with Crippen LogP contribution >= 0.6 is 22.9 Å². The third-order valence-corrected chi connectivity index (χ3v) is 5.34. The summed E-state index contributed by atoms with van der Waals surface area (Å²) in [6.07, 6.45) is 3.42. The van der Waals surface area contributed by atoms with Gasteiger partial charge in [0.25, 0.3) is 0 Å². The molecule has 7 heteroatoms. The molecule has 0 saturated heterocycles. The number of benzene rings is 1. The van der Waals surface area contributed by atoms with Gasteiger partial charge in [-0.3, -0.25) is 4.98 Å². The zero-order chi connectivity index (χ0) is 16.7. The molecule has 0 aliphatic heterocycles. The highest BCUT2D eigenvalue weighted by atomic mass is 35.5. The van der Waals surface area contributed by atoms with Crippen molar-refractivity contribution in [3.63, 3.8) is 0 Å². The molecule has 5 nitrogen and oxygen atoms in total. The van der Waals surface area contributed by atoms with E-state index in [1.54, 1.807) is 23.7 Å². The second-order valence-electron chi connectivity index (χ2n) is 5.40. The maximum atomic E-state index is 6.42. The Kier molecular flexibility index (Phi) is 3.90. The fourth-order valence-corrected chi connectivity index (χ4v) is 4.20. The van der Waals surface area contributed by atoms with E-state index in [1.807, 2.05) is 30.3 Å². The van der Waals surface area contributed by atoms with Crippen LogP contribution in [0.15, 0.2) is 42.7 Å². The van der Waals surface area contributed by atoms with Crippen LogP contribution in [0.2, 0.25) is 5.02 Å². The predicted molar refractivity (Wildman–Crippen MR) is 99.1 cm³/mol. The van der Waals surface area contributed by atoms with Gasteiger partial charge in [-0.05, 0) is 24.3 Å². The lowest BCUT2D eigenvalue weighted by Crippen LogP contribution is -2.22. The summed E-state index contributed by atoms with van der Waals surface area (Å²) in [4.78, 5) is 13.5. The van der Waals surface area contributed by atoms with Gasteiger partial charge >= 0.3 is 0 Å². The summed E-state index contributed by atoms with van der Waals surface area (Å²) in [6.45, 7) is 0.309. The minimum absolute atomic E-state index is 0.309. The molecule has 0 radical (unpaired) electrons. The summed E-state index contributed by atoms with van der Waals surface area (Å²) in [5.74, 6) is 0.600. The fourth-order valence-electron chi connectivity index (χ4n) is 2.66. The van der Waals surface area contributed by atoms with Gasteiger partial charge in [-0.2, -0.15) is 0 Å². The fraction of sp³-hybridized carbons (Fsp3) is 0.118. The Labute approximate surface area is 147 Å². The molecule has 0 aliphatic rings. The standard InChI is InChI=1S/C17H14ClN5S/c18-10-2-1-3-12-13(10)15-16(24-12)14(11(20)8-19)22-17(23-15)9-4-6-21-7-5-9/h1-7,11H,8,19-20H2. The van der Waals surface area contributed by atoms with Crippen molar-refractivity contribution in [1.82, 2.24) is 15.0 Å². The van der Waals surface area contributed by atoms with Gasteiger partial charge in [-0.25, -0.2) is 9.97 Å². The molecule has 4 aromatic rings. The predicted octanol–water partition coefficient (Wildman–Crippen LogP) is 3.52. The maximum Gasteiger partial charge on any atom is 0.160 e. The van der Waals surface area contributed by atoms with Crippen molar-refractivity contribution in [3.05, 3.63) is 53.4 Å². The lowest BCUT2D eigenvalue weighted by molar-refractivity contribution is 0.719. The first-order valence-electron chi connectivity index (χ1n) is 7.43. The summed E-state index contributed by atoms with van der Waals surface area (Å²) in [6, 6.07) is 9.21. The topological polar surface area (TPSA) is 90.7 Å². The summed E-state index contributed by atoms with van der Waals surface area (Å²) in [5.41, 5.74) is 14.5. The first kappa shape index (κ1) is 15.4. The van der Waals surface area contributed by atoms with Gasteiger partial charge in [0.15, 0.2) is 5.82 Å². The van der Waals surface area contributed by atoms with Crippen LogP contribution in [-0.4, -0.2) is 21.5 Å². The van der Waals surface area contributed by atoms with Crippen LogP contribution in [0.5, 0.6) is 0 Å². The molecule has 4 rings (SSSR count). The quantitative estimate of drug-likeness (QED) is 0.586. The molecule has 0 bridgehead atoms. The molecule has 0 amide bonds. The lowest BCUT2D eigenvalue weighted by Gasteiger charge is -2.11. The molecule has 0 spiro atoms. The van der Waals surface area contributed by atoms with Crippen molar-refractivity contribution in [3.8, 4) is 11.4 Å². The van der Waals surface area contributed by atoms with Gasteiger partial charge in [0.1, 0.15) is 0 Å². The Bertz CT molecular complexity index is 1030. The smallest absolute Gasteiger partial charge is 0.160 e. The van der Waals surface area contributed by atoms with Crippen LogP contribution in [0, 0.1) is 0 Å². The normalized spacial score (nSPS) is 12.8. The molecule has 0 fully saturated rings. The zero-order valence-corrected chi connectivity index (χ0v) is 14.2. The van der Waals surface area contributed by atoms with Crippen LogP contribution in [0.4, 0.5) is 0 Å². The largest absolute Gasteiger partial charge is 0.329 e. The first-order chi connectivity index (χ1) is 11.7. The number of halogens is 1. The van der Waals surface area contributed by atoms with Crippen molar-refractivity contribution in [2.75, 3.05) is 6.54 Å².